The van der Waals surface area contributed by atoms with E-state index in [9.17, 15) is 0 Å². The number of imidazole rings is 1. The van der Waals surface area contributed by atoms with Crippen molar-refractivity contribution in [3.8, 4) is 0 Å². The Morgan fingerprint density at radius 2 is 1.84 bits per heavy atom. The van der Waals surface area contributed by atoms with Crippen molar-refractivity contribution in [3.63, 3.8) is 0 Å². The van der Waals surface area contributed by atoms with Gasteiger partial charge in [0.1, 0.15) is 17.2 Å². The van der Waals surface area contributed by atoms with Crippen LogP contribution < -0.4 is 0 Å². The second-order valence-corrected chi connectivity index (χ2v) is 9.22. The smallest absolute Gasteiger partial charge is 0.151 e. The average molecular weight is 420 g/mol. The van der Waals surface area contributed by atoms with E-state index in [0.29, 0.717) is 17.5 Å². The van der Waals surface area contributed by atoms with Gasteiger partial charge in [-0.05, 0) is 82.9 Å². The molecule has 3 heterocycles. The van der Waals surface area contributed by atoms with Crippen LogP contribution in [0.4, 0.5) is 4.39 Å². The number of nitrogens with zero attached hydrogens (tertiary/aromatic N) is 5. The Hall–Kier alpha value is -2.60. The number of fused-ring (bicyclic) bond motifs is 1. The van der Waals surface area contributed by atoms with Crippen molar-refractivity contribution in [1.29, 1.82) is 0 Å². The predicted octanol–water partition coefficient (Wildman–Crippen LogP) is 5.18. The number of aryl methyl sites for hydroxylation is 2. The first kappa shape index (κ1) is 20.3. The molecule has 0 unspecified atom stereocenters. The molecule has 2 aromatic heterocycles. The average Bonchev–Trinajstić information content (AvgIpc) is 3.03. The van der Waals surface area contributed by atoms with Gasteiger partial charge in [0.05, 0.1) is 5.52 Å². The van der Waals surface area contributed by atoms with E-state index in [1.807, 2.05) is 26.1 Å². The first-order valence-electron chi connectivity index (χ1n) is 11.3. The zero-order chi connectivity index (χ0) is 21.7. The first-order chi connectivity index (χ1) is 14.9. The number of rotatable bonds is 4. The van der Waals surface area contributed by atoms with Gasteiger partial charge in [-0.15, -0.1) is 0 Å². The van der Waals surface area contributed by atoms with Crippen molar-refractivity contribution in [2.24, 2.45) is 0 Å². The molecule has 1 aromatic carbocycles. The molecule has 31 heavy (non-hydrogen) atoms. The van der Waals surface area contributed by atoms with Gasteiger partial charge >= 0.3 is 0 Å². The molecule has 0 amide bonds. The zero-order valence-corrected chi connectivity index (χ0v) is 18.7. The number of likely N-dealkylation sites (tertiary alicyclic amines) is 1. The molecule has 0 atom stereocenters. The maximum Gasteiger partial charge on any atom is 0.151 e. The molecule has 2 aliphatic rings. The number of halogens is 1. The topological polar surface area (TPSA) is 46.8 Å². The van der Waals surface area contributed by atoms with Gasteiger partial charge < -0.3 is 9.47 Å². The Kier molecular flexibility index (Phi) is 5.13. The Balaban J connectivity index is 1.53. The standard InChI is InChI=1S/C25H30FN5/c1-15(21-14-27-25(28-16(21)2)18-6-5-7-18)19-12-22(26)24-23(13-19)31(17(3)29-24)20-8-10-30(4)11-9-20/h12-14,18,20H,1,5-11H2,2-4H3. The van der Waals surface area contributed by atoms with Gasteiger partial charge in [-0.3, -0.25) is 0 Å². The summed E-state index contributed by atoms with van der Waals surface area (Å²) in [6, 6.07) is 3.93. The summed E-state index contributed by atoms with van der Waals surface area (Å²) in [6.45, 7) is 10.3. The fourth-order valence-electron chi connectivity index (χ4n) is 4.96. The minimum Gasteiger partial charge on any atom is -0.325 e. The lowest BCUT2D eigenvalue weighted by molar-refractivity contribution is 0.222. The van der Waals surface area contributed by atoms with Crippen molar-refractivity contribution in [3.05, 3.63) is 59.2 Å². The Morgan fingerprint density at radius 3 is 2.48 bits per heavy atom. The minimum atomic E-state index is -0.298. The third-order valence-corrected chi connectivity index (χ3v) is 7.12. The molecule has 5 nitrogen and oxygen atoms in total. The molecule has 1 aliphatic carbocycles. The lowest BCUT2D eigenvalue weighted by Crippen LogP contribution is -2.31. The van der Waals surface area contributed by atoms with Crippen molar-refractivity contribution >= 4 is 16.6 Å². The van der Waals surface area contributed by atoms with Gasteiger partial charge in [0, 0.05) is 29.4 Å². The third-order valence-electron chi connectivity index (χ3n) is 7.12. The van der Waals surface area contributed by atoms with E-state index in [2.05, 4.69) is 33.1 Å². The highest BCUT2D eigenvalue weighted by molar-refractivity contribution is 5.86. The number of piperidine rings is 1. The summed E-state index contributed by atoms with van der Waals surface area (Å²) in [7, 11) is 2.15. The normalized spacial score (nSPS) is 18.5. The summed E-state index contributed by atoms with van der Waals surface area (Å²) in [4.78, 5) is 16.3. The summed E-state index contributed by atoms with van der Waals surface area (Å²) in [5.74, 6) is 1.99. The molecule has 162 valence electrons. The van der Waals surface area contributed by atoms with Crippen molar-refractivity contribution in [2.75, 3.05) is 20.1 Å². The SMILES string of the molecule is C=C(c1cc(F)c2nc(C)n(C3CCN(C)CC3)c2c1)c1cnc(C2CCC2)nc1C. The maximum absolute atomic E-state index is 15.1. The van der Waals surface area contributed by atoms with Crippen LogP contribution in [0, 0.1) is 19.7 Å². The number of hydrogen-bond donors (Lipinski definition) is 0. The Bertz CT molecular complexity index is 1150. The fourth-order valence-corrected chi connectivity index (χ4v) is 4.96. The highest BCUT2D eigenvalue weighted by atomic mass is 19.1. The van der Waals surface area contributed by atoms with Gasteiger partial charge in [0.15, 0.2) is 5.82 Å². The Morgan fingerprint density at radius 1 is 1.10 bits per heavy atom. The molecule has 1 saturated heterocycles. The molecule has 0 bridgehead atoms. The highest BCUT2D eigenvalue weighted by Gasteiger charge is 2.25. The summed E-state index contributed by atoms with van der Waals surface area (Å²) < 4.78 is 17.3. The number of aromatic nitrogens is 4. The number of benzene rings is 1. The first-order valence-corrected chi connectivity index (χ1v) is 11.3. The lowest BCUT2D eigenvalue weighted by atomic mass is 9.84. The van der Waals surface area contributed by atoms with Crippen molar-refractivity contribution in [1.82, 2.24) is 24.4 Å². The zero-order valence-electron chi connectivity index (χ0n) is 18.7. The van der Waals surface area contributed by atoms with Crippen LogP contribution in [0.5, 0.6) is 0 Å². The van der Waals surface area contributed by atoms with Crippen LogP contribution in [-0.2, 0) is 0 Å². The van der Waals surface area contributed by atoms with E-state index in [0.717, 1.165) is 65.5 Å². The van der Waals surface area contributed by atoms with E-state index in [-0.39, 0.29) is 5.82 Å². The van der Waals surface area contributed by atoms with Gasteiger partial charge in [-0.1, -0.05) is 13.0 Å². The Labute approximate surface area is 183 Å². The second kappa shape index (κ2) is 7.83. The molecule has 3 aromatic rings. The molecule has 2 fully saturated rings. The van der Waals surface area contributed by atoms with Crippen molar-refractivity contribution < 1.29 is 4.39 Å². The largest absolute Gasteiger partial charge is 0.325 e. The van der Waals surface area contributed by atoms with E-state index in [1.165, 1.54) is 19.3 Å². The second-order valence-electron chi connectivity index (χ2n) is 9.22. The van der Waals surface area contributed by atoms with E-state index < -0.39 is 0 Å². The summed E-state index contributed by atoms with van der Waals surface area (Å²) in [5.41, 5.74) is 4.61. The maximum atomic E-state index is 15.1. The third kappa shape index (κ3) is 3.57. The van der Waals surface area contributed by atoms with Crippen LogP contribution in [0.1, 0.15) is 72.5 Å². The highest BCUT2D eigenvalue weighted by Crippen LogP contribution is 2.36. The van der Waals surface area contributed by atoms with E-state index >= 15 is 4.39 Å². The summed E-state index contributed by atoms with van der Waals surface area (Å²) >= 11 is 0. The lowest BCUT2D eigenvalue weighted by Gasteiger charge is -2.31. The van der Waals surface area contributed by atoms with E-state index in [1.54, 1.807) is 6.07 Å². The molecular weight excluding hydrogens is 389 g/mol. The van der Waals surface area contributed by atoms with Crippen LogP contribution in [0.25, 0.3) is 16.6 Å². The van der Waals surface area contributed by atoms with Crippen LogP contribution in [-0.4, -0.2) is 44.6 Å². The van der Waals surface area contributed by atoms with Crippen LogP contribution in [0.3, 0.4) is 0 Å². The molecule has 6 heteroatoms. The fraction of sp³-hybridized carbons (Fsp3) is 0.480. The molecule has 0 N–H and O–H groups in total. The number of hydrogen-bond acceptors (Lipinski definition) is 4. The summed E-state index contributed by atoms with van der Waals surface area (Å²) in [5, 5.41) is 0. The van der Waals surface area contributed by atoms with Gasteiger partial charge in [0.25, 0.3) is 0 Å². The molecular formula is C25H30FN5. The van der Waals surface area contributed by atoms with Crippen molar-refractivity contribution in [2.45, 2.75) is 57.9 Å². The molecule has 1 saturated carbocycles. The molecule has 5 rings (SSSR count). The summed E-state index contributed by atoms with van der Waals surface area (Å²) in [6.07, 6.45) is 7.55. The van der Waals surface area contributed by atoms with Crippen LogP contribution in [0.15, 0.2) is 24.9 Å². The van der Waals surface area contributed by atoms with Gasteiger partial charge in [-0.2, -0.15) is 0 Å². The molecule has 0 radical (unpaired) electrons. The predicted molar refractivity (Wildman–Crippen MR) is 122 cm³/mol. The molecule has 0 spiro atoms. The minimum absolute atomic E-state index is 0.298. The monoisotopic (exact) mass is 419 g/mol. The quantitative estimate of drug-likeness (QED) is 0.585. The van der Waals surface area contributed by atoms with Gasteiger partial charge in [0.2, 0.25) is 0 Å². The van der Waals surface area contributed by atoms with Crippen LogP contribution in [0.2, 0.25) is 0 Å². The molecule has 1 aliphatic heterocycles. The van der Waals surface area contributed by atoms with Crippen LogP contribution >= 0.6 is 0 Å². The van der Waals surface area contributed by atoms with E-state index in [4.69, 9.17) is 4.98 Å². The van der Waals surface area contributed by atoms with Gasteiger partial charge in [-0.25, -0.2) is 19.3 Å².